The summed E-state index contributed by atoms with van der Waals surface area (Å²) >= 11 is 6.10. The van der Waals surface area contributed by atoms with Gasteiger partial charge in [0.25, 0.3) is 11.8 Å². The minimum absolute atomic E-state index is 0.135. The van der Waals surface area contributed by atoms with Gasteiger partial charge in [-0.2, -0.15) is 0 Å². The van der Waals surface area contributed by atoms with Crippen molar-refractivity contribution >= 4 is 34.6 Å². The number of hydrogen-bond donors (Lipinski definition) is 2. The van der Waals surface area contributed by atoms with Gasteiger partial charge in [-0.25, -0.2) is 4.98 Å². The van der Waals surface area contributed by atoms with Crippen LogP contribution in [-0.4, -0.2) is 27.7 Å². The van der Waals surface area contributed by atoms with Gasteiger partial charge < -0.3 is 10.6 Å². The number of halogens is 1. The zero-order valence-electron chi connectivity index (χ0n) is 14.1. The monoisotopic (exact) mass is 368 g/mol. The van der Waals surface area contributed by atoms with Crippen molar-refractivity contribution < 1.29 is 9.59 Å². The molecule has 0 bridgehead atoms. The van der Waals surface area contributed by atoms with Gasteiger partial charge in [-0.3, -0.25) is 14.0 Å². The number of anilines is 1. The van der Waals surface area contributed by atoms with Crippen LogP contribution in [-0.2, 0) is 0 Å². The van der Waals surface area contributed by atoms with Crippen LogP contribution in [0.3, 0.4) is 0 Å². The Morgan fingerprint density at radius 3 is 2.81 bits per heavy atom. The van der Waals surface area contributed by atoms with Crippen LogP contribution in [0.1, 0.15) is 26.7 Å². The molecule has 0 aliphatic heterocycles. The number of carbonyl (C=O) groups is 2. The second-order valence-electron chi connectivity index (χ2n) is 5.61. The number of rotatable bonds is 5. The lowest BCUT2D eigenvalue weighted by atomic mass is 10.2. The number of carbonyl (C=O) groups excluding carboxylic acids is 2. The van der Waals surface area contributed by atoms with Crippen molar-refractivity contribution in [2.75, 3.05) is 11.9 Å². The molecule has 2 N–H and O–H groups in total. The fourth-order valence-corrected chi connectivity index (χ4v) is 2.71. The highest BCUT2D eigenvalue weighted by Crippen LogP contribution is 2.24. The third-order valence-electron chi connectivity index (χ3n) is 3.89. The van der Waals surface area contributed by atoms with Crippen LogP contribution >= 0.6 is 11.6 Å². The van der Waals surface area contributed by atoms with E-state index in [4.69, 9.17) is 11.6 Å². The van der Waals surface area contributed by atoms with Crippen molar-refractivity contribution in [2.24, 2.45) is 0 Å². The Balaban J connectivity index is 1.99. The van der Waals surface area contributed by atoms with Crippen LogP contribution in [0.25, 0.3) is 5.52 Å². The van der Waals surface area contributed by atoms with E-state index in [9.17, 15) is 9.59 Å². The Morgan fingerprint density at radius 1 is 1.23 bits per heavy atom. The second-order valence-corrected chi connectivity index (χ2v) is 6.01. The summed E-state index contributed by atoms with van der Waals surface area (Å²) in [4.78, 5) is 29.3. The third kappa shape index (κ3) is 3.32. The molecule has 1 aromatic carbocycles. The van der Waals surface area contributed by atoms with Gasteiger partial charge in [0.1, 0.15) is 0 Å². The van der Waals surface area contributed by atoms with E-state index in [0.29, 0.717) is 22.8 Å². The highest BCUT2D eigenvalue weighted by Gasteiger charge is 2.21. The highest BCUT2D eigenvalue weighted by molar-refractivity contribution is 6.31. The van der Waals surface area contributed by atoms with Crippen molar-refractivity contribution in [3.8, 4) is 0 Å². The largest absolute Gasteiger partial charge is 0.346 e. The molecule has 3 rings (SSSR count). The summed E-state index contributed by atoms with van der Waals surface area (Å²) in [5, 5.41) is 6.04. The fraction of sp³-hybridized carbons (Fsp3) is 0.105. The van der Waals surface area contributed by atoms with Gasteiger partial charge >= 0.3 is 0 Å². The fourth-order valence-electron chi connectivity index (χ4n) is 2.53. The highest BCUT2D eigenvalue weighted by atomic mass is 35.5. The third-order valence-corrected chi connectivity index (χ3v) is 4.30. The van der Waals surface area contributed by atoms with E-state index in [1.165, 1.54) is 0 Å². The SMILES string of the molecule is C=CCNC(=O)c1nc(C(=O)Nc2cccc(Cl)c2C)c2ccccn12. The van der Waals surface area contributed by atoms with Crippen molar-refractivity contribution in [3.05, 3.63) is 77.4 Å². The van der Waals surface area contributed by atoms with E-state index < -0.39 is 5.91 Å². The standard InChI is InChI=1S/C19H17ClN4O2/c1-3-10-21-19(26)17-23-16(15-9-4-5-11-24(15)17)18(25)22-14-8-6-7-13(20)12(14)2/h3-9,11H,1,10H2,2H3,(H,21,26)(H,22,25). The topological polar surface area (TPSA) is 75.5 Å². The molecule has 2 aromatic heterocycles. The smallest absolute Gasteiger partial charge is 0.287 e. The van der Waals surface area contributed by atoms with Crippen molar-refractivity contribution in [1.29, 1.82) is 0 Å². The first-order valence-electron chi connectivity index (χ1n) is 7.95. The molecule has 0 aliphatic rings. The predicted molar refractivity (Wildman–Crippen MR) is 102 cm³/mol. The lowest BCUT2D eigenvalue weighted by Gasteiger charge is -2.08. The molecule has 26 heavy (non-hydrogen) atoms. The number of imidazole rings is 1. The Labute approximate surface area is 155 Å². The van der Waals surface area contributed by atoms with E-state index in [0.717, 1.165) is 5.56 Å². The predicted octanol–water partition coefficient (Wildman–Crippen LogP) is 3.46. The van der Waals surface area contributed by atoms with E-state index in [2.05, 4.69) is 22.2 Å². The molecule has 3 aromatic rings. The first kappa shape index (κ1) is 17.7. The van der Waals surface area contributed by atoms with E-state index in [1.54, 1.807) is 53.1 Å². The second kappa shape index (κ2) is 7.41. The average Bonchev–Trinajstić information content (AvgIpc) is 3.03. The number of pyridine rings is 1. The molecule has 0 radical (unpaired) electrons. The number of amides is 2. The van der Waals surface area contributed by atoms with Crippen LogP contribution in [0.2, 0.25) is 5.02 Å². The van der Waals surface area contributed by atoms with Crippen LogP contribution < -0.4 is 10.6 Å². The summed E-state index contributed by atoms with van der Waals surface area (Å²) in [7, 11) is 0. The van der Waals surface area contributed by atoms with E-state index in [1.807, 2.05) is 6.92 Å². The number of hydrogen-bond acceptors (Lipinski definition) is 3. The van der Waals surface area contributed by atoms with Crippen LogP contribution in [0.4, 0.5) is 5.69 Å². The lowest BCUT2D eigenvalue weighted by molar-refractivity contribution is 0.0947. The number of aromatic nitrogens is 2. The van der Waals surface area contributed by atoms with Gasteiger partial charge in [0, 0.05) is 23.5 Å². The molecule has 2 amide bonds. The molecule has 6 nitrogen and oxygen atoms in total. The number of fused-ring (bicyclic) bond motifs is 1. The number of benzene rings is 1. The molecule has 132 valence electrons. The Kier molecular flexibility index (Phi) is 5.04. The normalized spacial score (nSPS) is 10.5. The molecule has 0 spiro atoms. The van der Waals surface area contributed by atoms with Crippen molar-refractivity contribution in [1.82, 2.24) is 14.7 Å². The van der Waals surface area contributed by atoms with Gasteiger partial charge in [0.15, 0.2) is 5.69 Å². The molecule has 0 atom stereocenters. The molecule has 0 unspecified atom stereocenters. The summed E-state index contributed by atoms with van der Waals surface area (Å²) in [6, 6.07) is 10.5. The van der Waals surface area contributed by atoms with Crippen molar-refractivity contribution in [2.45, 2.75) is 6.92 Å². The van der Waals surface area contributed by atoms with E-state index in [-0.39, 0.29) is 17.4 Å². The molecule has 0 saturated heterocycles. The zero-order valence-corrected chi connectivity index (χ0v) is 14.9. The van der Waals surface area contributed by atoms with Crippen LogP contribution in [0.5, 0.6) is 0 Å². The molecule has 2 heterocycles. The first-order chi connectivity index (χ1) is 12.5. The number of nitrogens with zero attached hydrogens (tertiary/aromatic N) is 2. The number of nitrogens with one attached hydrogen (secondary N) is 2. The molecule has 0 aliphatic carbocycles. The van der Waals surface area contributed by atoms with Gasteiger partial charge in [0.05, 0.1) is 5.52 Å². The maximum Gasteiger partial charge on any atom is 0.287 e. The molecular weight excluding hydrogens is 352 g/mol. The summed E-state index contributed by atoms with van der Waals surface area (Å²) < 4.78 is 1.58. The van der Waals surface area contributed by atoms with Crippen LogP contribution in [0.15, 0.2) is 55.3 Å². The minimum Gasteiger partial charge on any atom is -0.346 e. The minimum atomic E-state index is -0.415. The molecule has 0 saturated carbocycles. The Hall–Kier alpha value is -3.12. The summed E-state index contributed by atoms with van der Waals surface area (Å²) in [5.41, 5.74) is 2.05. The lowest BCUT2D eigenvalue weighted by Crippen LogP contribution is -2.25. The maximum atomic E-state index is 12.8. The van der Waals surface area contributed by atoms with Gasteiger partial charge in [-0.05, 0) is 36.8 Å². The quantitative estimate of drug-likeness (QED) is 0.677. The van der Waals surface area contributed by atoms with Crippen molar-refractivity contribution in [3.63, 3.8) is 0 Å². The maximum absolute atomic E-state index is 12.8. The van der Waals surface area contributed by atoms with Gasteiger partial charge in [0.2, 0.25) is 5.82 Å². The van der Waals surface area contributed by atoms with Gasteiger partial charge in [-0.1, -0.05) is 29.8 Å². The average molecular weight is 369 g/mol. The first-order valence-corrected chi connectivity index (χ1v) is 8.33. The molecular formula is C19H17ClN4O2. The zero-order chi connectivity index (χ0) is 18.7. The molecule has 0 fully saturated rings. The van der Waals surface area contributed by atoms with Gasteiger partial charge in [-0.15, -0.1) is 6.58 Å². The Bertz CT molecular complexity index is 1010. The van der Waals surface area contributed by atoms with E-state index >= 15 is 0 Å². The molecule has 7 heteroatoms. The summed E-state index contributed by atoms with van der Waals surface area (Å²) in [6.45, 7) is 5.69. The van der Waals surface area contributed by atoms with Crippen LogP contribution in [0, 0.1) is 6.92 Å². The summed E-state index contributed by atoms with van der Waals surface area (Å²) in [5.74, 6) is -0.665. The Morgan fingerprint density at radius 2 is 2.04 bits per heavy atom. The summed E-state index contributed by atoms with van der Waals surface area (Å²) in [6.07, 6.45) is 3.26.